The molecule has 1 aromatic carbocycles. The van der Waals surface area contributed by atoms with Gasteiger partial charge in [-0.1, -0.05) is 6.07 Å². The zero-order valence-electron chi connectivity index (χ0n) is 13.1. The molecule has 1 fully saturated rings. The van der Waals surface area contributed by atoms with Crippen molar-refractivity contribution in [1.29, 1.82) is 0 Å². The normalized spacial score (nSPS) is 16.8. The average Bonchev–Trinajstić information content (AvgIpc) is 3.11. The van der Waals surface area contributed by atoms with E-state index in [2.05, 4.69) is 16.0 Å². The number of carbonyl (C=O) groups excluding carboxylic acids is 2. The first-order valence-electron chi connectivity index (χ1n) is 7.69. The van der Waals surface area contributed by atoms with Gasteiger partial charge in [-0.05, 0) is 49.7 Å². The van der Waals surface area contributed by atoms with E-state index in [1.807, 2.05) is 0 Å². The minimum absolute atomic E-state index is 0. The Morgan fingerprint density at radius 3 is 2.75 bits per heavy atom. The molecule has 3 N–H and O–H groups in total. The fraction of sp³-hybridized carbons (Fsp3) is 0.294. The summed E-state index contributed by atoms with van der Waals surface area (Å²) in [6, 6.07) is 10.3. The Bertz CT molecular complexity index is 682. The van der Waals surface area contributed by atoms with Gasteiger partial charge in [-0.15, -0.1) is 12.4 Å². The van der Waals surface area contributed by atoms with E-state index in [-0.39, 0.29) is 36.0 Å². The average molecular weight is 350 g/mol. The molecule has 6 nitrogen and oxygen atoms in total. The van der Waals surface area contributed by atoms with Crippen molar-refractivity contribution in [2.75, 3.05) is 18.4 Å². The molecule has 0 bridgehead atoms. The molecule has 0 unspecified atom stereocenters. The van der Waals surface area contributed by atoms with Crippen LogP contribution in [-0.4, -0.2) is 30.9 Å². The minimum Gasteiger partial charge on any atom is -0.459 e. The van der Waals surface area contributed by atoms with Crippen LogP contribution < -0.4 is 16.0 Å². The first kappa shape index (κ1) is 18.0. The third-order valence-electron chi connectivity index (χ3n) is 3.76. The molecule has 24 heavy (non-hydrogen) atoms. The first-order valence-corrected chi connectivity index (χ1v) is 7.69. The minimum atomic E-state index is -0.343. The number of hydrogen-bond donors (Lipinski definition) is 3. The van der Waals surface area contributed by atoms with E-state index in [0.29, 0.717) is 11.3 Å². The van der Waals surface area contributed by atoms with Crippen LogP contribution in [0.1, 0.15) is 33.8 Å². The highest BCUT2D eigenvalue weighted by Crippen LogP contribution is 2.13. The van der Waals surface area contributed by atoms with Crippen molar-refractivity contribution in [2.45, 2.75) is 18.9 Å². The first-order chi connectivity index (χ1) is 11.2. The quantitative estimate of drug-likeness (QED) is 0.791. The van der Waals surface area contributed by atoms with Gasteiger partial charge >= 0.3 is 0 Å². The van der Waals surface area contributed by atoms with Crippen LogP contribution in [0.25, 0.3) is 0 Å². The van der Waals surface area contributed by atoms with E-state index < -0.39 is 0 Å². The molecule has 0 aliphatic carbocycles. The van der Waals surface area contributed by atoms with Gasteiger partial charge in [0.1, 0.15) is 0 Å². The number of amides is 2. The van der Waals surface area contributed by atoms with Gasteiger partial charge in [-0.3, -0.25) is 9.59 Å². The van der Waals surface area contributed by atoms with E-state index >= 15 is 0 Å². The SMILES string of the molecule is Cl.O=C(N[C@H]1CCCNC1)c1cccc(NC(=O)c2ccco2)c1. The predicted octanol–water partition coefficient (Wildman–Crippen LogP) is 2.44. The molecule has 2 heterocycles. The van der Waals surface area contributed by atoms with Gasteiger partial charge in [0, 0.05) is 23.8 Å². The van der Waals surface area contributed by atoms with E-state index in [4.69, 9.17) is 4.42 Å². The second-order valence-corrected chi connectivity index (χ2v) is 5.53. The van der Waals surface area contributed by atoms with Crippen LogP contribution in [0.3, 0.4) is 0 Å². The van der Waals surface area contributed by atoms with Gasteiger partial charge in [-0.2, -0.15) is 0 Å². The molecular weight excluding hydrogens is 330 g/mol. The molecule has 3 rings (SSSR count). The molecular formula is C17H20ClN3O3. The number of piperidine rings is 1. The summed E-state index contributed by atoms with van der Waals surface area (Å²) in [6.45, 7) is 1.79. The molecule has 1 saturated heterocycles. The van der Waals surface area contributed by atoms with Gasteiger partial charge in [0.15, 0.2) is 5.76 Å². The number of anilines is 1. The Kier molecular flexibility index (Phi) is 6.40. The third-order valence-corrected chi connectivity index (χ3v) is 3.76. The fourth-order valence-electron chi connectivity index (χ4n) is 2.58. The highest BCUT2D eigenvalue weighted by Gasteiger charge is 2.17. The molecule has 7 heteroatoms. The molecule has 1 aliphatic heterocycles. The second kappa shape index (κ2) is 8.52. The summed E-state index contributed by atoms with van der Waals surface area (Å²) in [5.74, 6) is -0.245. The largest absolute Gasteiger partial charge is 0.459 e. The Morgan fingerprint density at radius 1 is 1.17 bits per heavy atom. The lowest BCUT2D eigenvalue weighted by Gasteiger charge is -2.23. The third kappa shape index (κ3) is 4.59. The Balaban J connectivity index is 0.00000208. The standard InChI is InChI=1S/C17H19N3O3.ClH/c21-16(20-14-6-2-8-18-11-14)12-4-1-5-13(10-12)19-17(22)15-7-3-9-23-15;/h1,3-5,7,9-10,14,18H,2,6,8,11H2,(H,19,22)(H,20,21);1H/t14-;/m0./s1. The van der Waals surface area contributed by atoms with Crippen molar-refractivity contribution in [3.05, 3.63) is 54.0 Å². The van der Waals surface area contributed by atoms with E-state index in [1.54, 1.807) is 36.4 Å². The van der Waals surface area contributed by atoms with Crippen LogP contribution in [0.15, 0.2) is 47.1 Å². The maximum absolute atomic E-state index is 12.3. The molecule has 0 spiro atoms. The fourth-order valence-corrected chi connectivity index (χ4v) is 2.58. The summed E-state index contributed by atoms with van der Waals surface area (Å²) >= 11 is 0. The number of halogens is 1. The highest BCUT2D eigenvalue weighted by molar-refractivity contribution is 6.03. The number of benzene rings is 1. The molecule has 0 radical (unpaired) electrons. The van der Waals surface area contributed by atoms with Crippen LogP contribution in [0, 0.1) is 0 Å². The maximum atomic E-state index is 12.3. The summed E-state index contributed by atoms with van der Waals surface area (Å²) in [6.07, 6.45) is 3.48. The highest BCUT2D eigenvalue weighted by atomic mass is 35.5. The van der Waals surface area contributed by atoms with Crippen molar-refractivity contribution in [3.8, 4) is 0 Å². The summed E-state index contributed by atoms with van der Waals surface area (Å²) < 4.78 is 5.05. The lowest BCUT2D eigenvalue weighted by Crippen LogP contribution is -2.45. The summed E-state index contributed by atoms with van der Waals surface area (Å²) in [5, 5.41) is 8.99. The molecule has 1 atom stereocenters. The van der Waals surface area contributed by atoms with Crippen molar-refractivity contribution < 1.29 is 14.0 Å². The molecule has 1 aliphatic rings. The van der Waals surface area contributed by atoms with Gasteiger partial charge in [0.05, 0.1) is 6.26 Å². The summed E-state index contributed by atoms with van der Waals surface area (Å²) in [7, 11) is 0. The number of carbonyl (C=O) groups is 2. The van der Waals surface area contributed by atoms with Crippen LogP contribution in [0.4, 0.5) is 5.69 Å². The molecule has 1 aromatic heterocycles. The van der Waals surface area contributed by atoms with Crippen molar-refractivity contribution in [1.82, 2.24) is 10.6 Å². The second-order valence-electron chi connectivity index (χ2n) is 5.53. The van der Waals surface area contributed by atoms with Gasteiger partial charge in [0.2, 0.25) is 0 Å². The number of hydrogen-bond acceptors (Lipinski definition) is 4. The van der Waals surface area contributed by atoms with Crippen LogP contribution in [-0.2, 0) is 0 Å². The molecule has 2 aromatic rings. The number of nitrogens with one attached hydrogen (secondary N) is 3. The Morgan fingerprint density at radius 2 is 2.04 bits per heavy atom. The summed E-state index contributed by atoms with van der Waals surface area (Å²) in [4.78, 5) is 24.3. The van der Waals surface area contributed by atoms with Gasteiger partial charge in [-0.25, -0.2) is 0 Å². The Hall–Kier alpha value is -2.31. The smallest absolute Gasteiger partial charge is 0.291 e. The van der Waals surface area contributed by atoms with Crippen molar-refractivity contribution >= 4 is 29.9 Å². The molecule has 0 saturated carbocycles. The zero-order chi connectivity index (χ0) is 16.1. The summed E-state index contributed by atoms with van der Waals surface area (Å²) in [5.41, 5.74) is 1.08. The molecule has 2 amide bonds. The Labute approximate surface area is 146 Å². The lowest BCUT2D eigenvalue weighted by molar-refractivity contribution is 0.0929. The van der Waals surface area contributed by atoms with Crippen LogP contribution in [0.2, 0.25) is 0 Å². The predicted molar refractivity (Wildman–Crippen MR) is 93.7 cm³/mol. The topological polar surface area (TPSA) is 83.4 Å². The van der Waals surface area contributed by atoms with E-state index in [9.17, 15) is 9.59 Å². The van der Waals surface area contributed by atoms with E-state index in [0.717, 1.165) is 25.9 Å². The number of furan rings is 1. The van der Waals surface area contributed by atoms with Gasteiger partial charge < -0.3 is 20.4 Å². The van der Waals surface area contributed by atoms with Crippen molar-refractivity contribution in [2.24, 2.45) is 0 Å². The maximum Gasteiger partial charge on any atom is 0.291 e. The molecule has 128 valence electrons. The van der Waals surface area contributed by atoms with Gasteiger partial charge in [0.25, 0.3) is 11.8 Å². The van der Waals surface area contributed by atoms with E-state index in [1.165, 1.54) is 6.26 Å². The monoisotopic (exact) mass is 349 g/mol. The lowest BCUT2D eigenvalue weighted by atomic mass is 10.1. The number of rotatable bonds is 4. The van der Waals surface area contributed by atoms with Crippen molar-refractivity contribution in [3.63, 3.8) is 0 Å². The van der Waals surface area contributed by atoms with Crippen LogP contribution in [0.5, 0.6) is 0 Å². The van der Waals surface area contributed by atoms with Crippen LogP contribution >= 0.6 is 12.4 Å². The zero-order valence-corrected chi connectivity index (χ0v) is 13.9.